The van der Waals surface area contributed by atoms with Crippen molar-refractivity contribution < 1.29 is 5.11 Å². The van der Waals surface area contributed by atoms with Crippen molar-refractivity contribution in [2.24, 2.45) is 0 Å². The van der Waals surface area contributed by atoms with Gasteiger partial charge in [0, 0.05) is 30.2 Å². The number of piperidine rings is 1. The second-order valence-corrected chi connectivity index (χ2v) is 7.64. The number of phenols is 1. The SMILES string of the molecule is Oc1c(CN2CCCCC2)cc(Cn2cnc3ccccc32)c2cccnc12. The second kappa shape index (κ2) is 7.24. The molecule has 2 aromatic heterocycles. The first-order valence-electron chi connectivity index (χ1n) is 10.0. The fourth-order valence-corrected chi connectivity index (χ4v) is 4.29. The molecule has 0 unspecified atom stereocenters. The largest absolute Gasteiger partial charge is 0.505 e. The standard InChI is InChI=1S/C23H24N4O/c28-23-18(14-26-11-4-1-5-12-26)13-17(19-7-6-10-24-22(19)23)15-27-16-25-20-8-2-3-9-21(20)27/h2-3,6-10,13,16,28H,1,4-5,11-12,14-15H2. The molecule has 4 aromatic rings. The lowest BCUT2D eigenvalue weighted by Crippen LogP contribution is -2.29. The monoisotopic (exact) mass is 372 g/mol. The molecule has 0 spiro atoms. The number of fused-ring (bicyclic) bond motifs is 2. The molecule has 1 aliphatic heterocycles. The number of phenolic OH excluding ortho intramolecular Hbond substituents is 1. The summed E-state index contributed by atoms with van der Waals surface area (Å²) in [7, 11) is 0. The highest BCUT2D eigenvalue weighted by molar-refractivity contribution is 5.88. The van der Waals surface area contributed by atoms with Gasteiger partial charge in [-0.3, -0.25) is 9.88 Å². The Labute approximate surface area is 164 Å². The van der Waals surface area contributed by atoms with Crippen molar-refractivity contribution in [3.63, 3.8) is 0 Å². The van der Waals surface area contributed by atoms with E-state index in [2.05, 4.69) is 31.6 Å². The number of hydrogen-bond acceptors (Lipinski definition) is 4. The molecule has 1 fully saturated rings. The van der Waals surface area contributed by atoms with Crippen LogP contribution in [0.4, 0.5) is 0 Å². The van der Waals surface area contributed by atoms with Gasteiger partial charge in [-0.15, -0.1) is 0 Å². The zero-order chi connectivity index (χ0) is 18.9. The van der Waals surface area contributed by atoms with Gasteiger partial charge in [0.15, 0.2) is 0 Å². The number of likely N-dealkylation sites (tertiary alicyclic amines) is 1. The molecule has 0 saturated carbocycles. The summed E-state index contributed by atoms with van der Waals surface area (Å²) in [5, 5.41) is 11.9. The maximum Gasteiger partial charge on any atom is 0.146 e. The van der Waals surface area contributed by atoms with Crippen LogP contribution in [0.25, 0.3) is 21.9 Å². The second-order valence-electron chi connectivity index (χ2n) is 7.64. The van der Waals surface area contributed by atoms with Crippen molar-refractivity contribution >= 4 is 21.9 Å². The van der Waals surface area contributed by atoms with Crippen molar-refractivity contribution in [1.29, 1.82) is 0 Å². The molecule has 0 aliphatic carbocycles. The Hall–Kier alpha value is -2.92. The van der Waals surface area contributed by atoms with Gasteiger partial charge in [0.1, 0.15) is 11.3 Å². The number of imidazole rings is 1. The predicted molar refractivity (Wildman–Crippen MR) is 111 cm³/mol. The number of para-hydroxylation sites is 2. The molecule has 2 aromatic carbocycles. The Kier molecular flexibility index (Phi) is 4.45. The summed E-state index contributed by atoms with van der Waals surface area (Å²) >= 11 is 0. The van der Waals surface area contributed by atoms with Gasteiger partial charge in [0.2, 0.25) is 0 Å². The summed E-state index contributed by atoms with van der Waals surface area (Å²) in [6.45, 7) is 3.67. The minimum atomic E-state index is 0.320. The Balaban J connectivity index is 1.57. The zero-order valence-electron chi connectivity index (χ0n) is 15.9. The minimum absolute atomic E-state index is 0.320. The van der Waals surface area contributed by atoms with E-state index >= 15 is 0 Å². The van der Waals surface area contributed by atoms with Gasteiger partial charge in [-0.05, 0) is 55.8 Å². The van der Waals surface area contributed by atoms with E-state index < -0.39 is 0 Å². The van der Waals surface area contributed by atoms with E-state index in [9.17, 15) is 5.11 Å². The van der Waals surface area contributed by atoms with E-state index in [4.69, 9.17) is 0 Å². The van der Waals surface area contributed by atoms with Crippen LogP contribution in [0.1, 0.15) is 30.4 Å². The molecule has 5 nitrogen and oxygen atoms in total. The zero-order valence-corrected chi connectivity index (χ0v) is 15.9. The molecule has 0 amide bonds. The number of rotatable bonds is 4. The van der Waals surface area contributed by atoms with Crippen LogP contribution in [-0.2, 0) is 13.1 Å². The average Bonchev–Trinajstić information content (AvgIpc) is 3.15. The van der Waals surface area contributed by atoms with E-state index in [0.29, 0.717) is 17.8 Å². The van der Waals surface area contributed by atoms with Gasteiger partial charge >= 0.3 is 0 Å². The molecule has 1 aliphatic rings. The average molecular weight is 372 g/mol. The smallest absolute Gasteiger partial charge is 0.146 e. The summed E-state index contributed by atoms with van der Waals surface area (Å²) in [5.74, 6) is 0.320. The molecule has 0 radical (unpaired) electrons. The molecule has 142 valence electrons. The number of hydrogen-bond donors (Lipinski definition) is 1. The first-order chi connectivity index (χ1) is 13.8. The van der Waals surface area contributed by atoms with Gasteiger partial charge in [0.25, 0.3) is 0 Å². The number of nitrogens with zero attached hydrogens (tertiary/aromatic N) is 4. The summed E-state index contributed by atoms with van der Waals surface area (Å²) in [5.41, 5.74) is 4.93. The Morgan fingerprint density at radius 3 is 2.64 bits per heavy atom. The molecular weight excluding hydrogens is 348 g/mol. The number of benzene rings is 2. The van der Waals surface area contributed by atoms with Crippen LogP contribution in [0.2, 0.25) is 0 Å². The maximum absolute atomic E-state index is 10.9. The third kappa shape index (κ3) is 3.12. The summed E-state index contributed by atoms with van der Waals surface area (Å²) < 4.78 is 2.17. The van der Waals surface area contributed by atoms with Gasteiger partial charge in [-0.1, -0.05) is 24.6 Å². The van der Waals surface area contributed by atoms with Crippen molar-refractivity contribution in [2.75, 3.05) is 13.1 Å². The van der Waals surface area contributed by atoms with Gasteiger partial charge < -0.3 is 9.67 Å². The van der Waals surface area contributed by atoms with Crippen molar-refractivity contribution in [2.45, 2.75) is 32.4 Å². The van der Waals surface area contributed by atoms with Crippen molar-refractivity contribution in [3.8, 4) is 5.75 Å². The molecule has 28 heavy (non-hydrogen) atoms. The summed E-state index contributed by atoms with van der Waals surface area (Å²) in [4.78, 5) is 11.4. The topological polar surface area (TPSA) is 54.2 Å². The molecule has 1 N–H and O–H groups in total. The van der Waals surface area contributed by atoms with E-state index in [1.165, 1.54) is 19.3 Å². The molecule has 1 saturated heterocycles. The summed E-state index contributed by atoms with van der Waals surface area (Å²) in [6, 6.07) is 14.3. The molecule has 0 bridgehead atoms. The lowest BCUT2D eigenvalue weighted by Gasteiger charge is -2.27. The highest BCUT2D eigenvalue weighted by atomic mass is 16.3. The van der Waals surface area contributed by atoms with Crippen LogP contribution in [0.15, 0.2) is 55.0 Å². The van der Waals surface area contributed by atoms with E-state index in [0.717, 1.165) is 47.2 Å². The third-order valence-corrected chi connectivity index (χ3v) is 5.74. The van der Waals surface area contributed by atoms with Crippen molar-refractivity contribution in [3.05, 3.63) is 66.1 Å². The quantitative estimate of drug-likeness (QED) is 0.579. The molecule has 3 heterocycles. The van der Waals surface area contributed by atoms with Crippen LogP contribution in [-0.4, -0.2) is 37.6 Å². The maximum atomic E-state index is 10.9. The summed E-state index contributed by atoms with van der Waals surface area (Å²) in [6.07, 6.45) is 7.43. The fourth-order valence-electron chi connectivity index (χ4n) is 4.29. The highest BCUT2D eigenvalue weighted by Gasteiger charge is 2.17. The Bertz CT molecular complexity index is 1130. The first kappa shape index (κ1) is 17.2. The molecular formula is C23H24N4O. The van der Waals surface area contributed by atoms with Gasteiger partial charge in [-0.25, -0.2) is 4.98 Å². The van der Waals surface area contributed by atoms with Crippen LogP contribution < -0.4 is 0 Å². The van der Waals surface area contributed by atoms with E-state index in [1.54, 1.807) is 6.20 Å². The first-order valence-corrected chi connectivity index (χ1v) is 10.0. The number of aromatic hydroxyl groups is 1. The highest BCUT2D eigenvalue weighted by Crippen LogP contribution is 2.32. The molecule has 5 heteroatoms. The molecule has 0 atom stereocenters. The van der Waals surface area contributed by atoms with Gasteiger partial charge in [-0.2, -0.15) is 0 Å². The lowest BCUT2D eigenvalue weighted by molar-refractivity contribution is 0.218. The van der Waals surface area contributed by atoms with Crippen molar-refractivity contribution in [1.82, 2.24) is 19.4 Å². The minimum Gasteiger partial charge on any atom is -0.505 e. The van der Waals surface area contributed by atoms with Crippen LogP contribution >= 0.6 is 0 Å². The Morgan fingerprint density at radius 2 is 1.75 bits per heavy atom. The third-order valence-electron chi connectivity index (χ3n) is 5.74. The van der Waals surface area contributed by atoms with E-state index in [1.807, 2.05) is 36.7 Å². The fraction of sp³-hybridized carbons (Fsp3) is 0.304. The number of pyridine rings is 1. The van der Waals surface area contributed by atoms with Crippen LogP contribution in [0.5, 0.6) is 5.75 Å². The van der Waals surface area contributed by atoms with E-state index in [-0.39, 0.29) is 0 Å². The van der Waals surface area contributed by atoms with Gasteiger partial charge in [0.05, 0.1) is 17.4 Å². The van der Waals surface area contributed by atoms with Crippen LogP contribution in [0.3, 0.4) is 0 Å². The lowest BCUT2D eigenvalue weighted by atomic mass is 10.0. The predicted octanol–water partition coefficient (Wildman–Crippen LogP) is 4.32. The normalized spacial score (nSPS) is 15.4. The van der Waals surface area contributed by atoms with Crippen LogP contribution in [0, 0.1) is 0 Å². The molecule has 5 rings (SSSR count). The Morgan fingerprint density at radius 1 is 0.893 bits per heavy atom. The number of aromatic nitrogens is 3.